The number of primary amides is 1. The van der Waals surface area contributed by atoms with Gasteiger partial charge < -0.3 is 20.2 Å². The average Bonchev–Trinajstić information content (AvgIpc) is 2.94. The smallest absolute Gasteiger partial charge is 0.286 e. The molecule has 1 heterocycles. The molecule has 0 radical (unpaired) electrons. The molecule has 0 atom stereocenters. The lowest BCUT2D eigenvalue weighted by molar-refractivity contribution is -0.121. The second-order valence-corrected chi connectivity index (χ2v) is 5.77. The summed E-state index contributed by atoms with van der Waals surface area (Å²) in [6.07, 6.45) is 0. The van der Waals surface area contributed by atoms with Crippen molar-refractivity contribution >= 4 is 40.1 Å². The molecule has 1 aromatic heterocycles. The van der Waals surface area contributed by atoms with Gasteiger partial charge in [-0.05, 0) is 23.8 Å². The van der Waals surface area contributed by atoms with Crippen molar-refractivity contribution in [3.63, 3.8) is 0 Å². The van der Waals surface area contributed by atoms with Crippen LogP contribution in [0.25, 0.3) is 11.0 Å². The Bertz CT molecular complexity index is 921. The maximum atomic E-state index is 12.1. The van der Waals surface area contributed by atoms with Gasteiger partial charge in [0.2, 0.25) is 5.76 Å². The molecule has 0 aliphatic carbocycles. The molecule has 0 bridgehead atoms. The SMILES string of the molecule is NC(=O)c1oc2ccc(Cl)cc2c1NC(=O)COCc1ccccc1. The molecule has 0 unspecified atom stereocenters. The lowest BCUT2D eigenvalue weighted by Gasteiger charge is -2.06. The van der Waals surface area contributed by atoms with E-state index in [0.29, 0.717) is 22.6 Å². The molecule has 0 aliphatic heterocycles. The highest BCUT2D eigenvalue weighted by molar-refractivity contribution is 6.31. The molecule has 0 fully saturated rings. The van der Waals surface area contributed by atoms with Crippen molar-refractivity contribution in [3.8, 4) is 0 Å². The van der Waals surface area contributed by atoms with Gasteiger partial charge in [0.15, 0.2) is 0 Å². The maximum absolute atomic E-state index is 12.1. The number of hydrogen-bond donors (Lipinski definition) is 2. The zero-order chi connectivity index (χ0) is 17.8. The Morgan fingerprint density at radius 2 is 1.92 bits per heavy atom. The molecule has 0 saturated carbocycles. The third kappa shape index (κ3) is 3.99. The number of nitrogens with one attached hydrogen (secondary N) is 1. The molecule has 3 aromatic rings. The summed E-state index contributed by atoms with van der Waals surface area (Å²) in [6, 6.07) is 14.3. The first-order valence-electron chi connectivity index (χ1n) is 7.48. The highest BCUT2D eigenvalue weighted by Crippen LogP contribution is 2.32. The number of fused-ring (bicyclic) bond motifs is 1. The zero-order valence-electron chi connectivity index (χ0n) is 13.1. The van der Waals surface area contributed by atoms with Gasteiger partial charge in [0, 0.05) is 10.4 Å². The van der Waals surface area contributed by atoms with Crippen LogP contribution in [0.4, 0.5) is 5.69 Å². The monoisotopic (exact) mass is 358 g/mol. The van der Waals surface area contributed by atoms with Crippen molar-refractivity contribution in [2.75, 3.05) is 11.9 Å². The third-order valence-corrected chi connectivity index (χ3v) is 3.72. The lowest BCUT2D eigenvalue weighted by Crippen LogP contribution is -2.20. The van der Waals surface area contributed by atoms with Gasteiger partial charge in [-0.15, -0.1) is 0 Å². The number of hydrogen-bond acceptors (Lipinski definition) is 4. The predicted octanol–water partition coefficient (Wildman–Crippen LogP) is 3.34. The van der Waals surface area contributed by atoms with E-state index < -0.39 is 11.8 Å². The Morgan fingerprint density at radius 3 is 2.64 bits per heavy atom. The van der Waals surface area contributed by atoms with E-state index in [1.165, 1.54) is 0 Å². The standard InChI is InChI=1S/C18H15ClN2O4/c19-12-6-7-14-13(8-12)16(17(25-14)18(20)23)21-15(22)10-24-9-11-4-2-1-3-5-11/h1-8H,9-10H2,(H2,20,23)(H,21,22). The van der Waals surface area contributed by atoms with E-state index in [0.717, 1.165) is 5.56 Å². The molecule has 3 N–H and O–H groups in total. The van der Waals surface area contributed by atoms with Crippen LogP contribution in [0.3, 0.4) is 0 Å². The number of ether oxygens (including phenoxy) is 1. The fourth-order valence-corrected chi connectivity index (χ4v) is 2.55. The Hall–Kier alpha value is -2.83. The minimum atomic E-state index is -0.784. The van der Waals surface area contributed by atoms with Crippen molar-refractivity contribution in [2.24, 2.45) is 5.73 Å². The number of halogens is 1. The quantitative estimate of drug-likeness (QED) is 0.706. The van der Waals surface area contributed by atoms with Gasteiger partial charge in [-0.3, -0.25) is 9.59 Å². The Kier molecular flexibility index (Phi) is 5.02. The molecule has 2 aromatic carbocycles. The third-order valence-electron chi connectivity index (χ3n) is 3.48. The first-order chi connectivity index (χ1) is 12.0. The lowest BCUT2D eigenvalue weighted by atomic mass is 10.2. The van der Waals surface area contributed by atoms with Crippen LogP contribution in [0, 0.1) is 0 Å². The maximum Gasteiger partial charge on any atom is 0.286 e. The van der Waals surface area contributed by atoms with Gasteiger partial charge in [-0.1, -0.05) is 41.9 Å². The van der Waals surface area contributed by atoms with E-state index >= 15 is 0 Å². The van der Waals surface area contributed by atoms with E-state index in [-0.39, 0.29) is 18.1 Å². The van der Waals surface area contributed by atoms with Crippen LogP contribution in [0.5, 0.6) is 0 Å². The van der Waals surface area contributed by atoms with E-state index in [1.54, 1.807) is 18.2 Å². The molecule has 6 nitrogen and oxygen atoms in total. The van der Waals surface area contributed by atoms with Crippen molar-refractivity contribution in [3.05, 3.63) is 64.9 Å². The fourth-order valence-electron chi connectivity index (χ4n) is 2.38. The topological polar surface area (TPSA) is 94.6 Å². The number of furan rings is 1. The van der Waals surface area contributed by atoms with E-state index in [9.17, 15) is 9.59 Å². The van der Waals surface area contributed by atoms with Crippen molar-refractivity contribution in [1.29, 1.82) is 0 Å². The van der Waals surface area contributed by atoms with Gasteiger partial charge in [0.25, 0.3) is 11.8 Å². The number of carbonyl (C=O) groups is 2. The predicted molar refractivity (Wildman–Crippen MR) is 94.5 cm³/mol. The average molecular weight is 359 g/mol. The Morgan fingerprint density at radius 1 is 1.16 bits per heavy atom. The molecular formula is C18H15ClN2O4. The molecule has 25 heavy (non-hydrogen) atoms. The van der Waals surface area contributed by atoms with Gasteiger partial charge >= 0.3 is 0 Å². The molecule has 0 saturated heterocycles. The summed E-state index contributed by atoms with van der Waals surface area (Å²) in [5.74, 6) is -1.34. The van der Waals surface area contributed by atoms with Gasteiger partial charge in [-0.25, -0.2) is 0 Å². The van der Waals surface area contributed by atoms with E-state index in [4.69, 9.17) is 26.5 Å². The second kappa shape index (κ2) is 7.38. The van der Waals surface area contributed by atoms with Crippen molar-refractivity contribution in [1.82, 2.24) is 0 Å². The minimum Gasteiger partial charge on any atom is -0.449 e. The Balaban J connectivity index is 1.73. The first kappa shape index (κ1) is 17.0. The number of amides is 2. The normalized spacial score (nSPS) is 10.8. The highest BCUT2D eigenvalue weighted by Gasteiger charge is 2.20. The molecular weight excluding hydrogens is 344 g/mol. The molecule has 0 spiro atoms. The van der Waals surface area contributed by atoms with Gasteiger partial charge in [-0.2, -0.15) is 0 Å². The Labute approximate surface area is 148 Å². The molecule has 2 amide bonds. The zero-order valence-corrected chi connectivity index (χ0v) is 13.9. The van der Waals surface area contributed by atoms with Crippen LogP contribution in [0.1, 0.15) is 16.1 Å². The van der Waals surface area contributed by atoms with Crippen LogP contribution >= 0.6 is 11.6 Å². The summed E-state index contributed by atoms with van der Waals surface area (Å²) in [5.41, 5.74) is 6.87. The number of carbonyl (C=O) groups excluding carboxylic acids is 2. The number of anilines is 1. The van der Waals surface area contributed by atoms with Crippen LogP contribution in [-0.4, -0.2) is 18.4 Å². The molecule has 3 rings (SSSR count). The van der Waals surface area contributed by atoms with Crippen molar-refractivity contribution in [2.45, 2.75) is 6.61 Å². The highest BCUT2D eigenvalue weighted by atomic mass is 35.5. The van der Waals surface area contributed by atoms with Crippen LogP contribution in [0.2, 0.25) is 5.02 Å². The van der Waals surface area contributed by atoms with E-state index in [2.05, 4.69) is 5.32 Å². The fraction of sp³-hybridized carbons (Fsp3) is 0.111. The van der Waals surface area contributed by atoms with Crippen molar-refractivity contribution < 1.29 is 18.7 Å². The summed E-state index contributed by atoms with van der Waals surface area (Å²) in [6.45, 7) is 0.120. The summed E-state index contributed by atoms with van der Waals surface area (Å²) in [4.78, 5) is 23.7. The van der Waals surface area contributed by atoms with Gasteiger partial charge in [0.1, 0.15) is 17.9 Å². The number of rotatable bonds is 6. The number of benzene rings is 2. The van der Waals surface area contributed by atoms with E-state index in [1.807, 2.05) is 30.3 Å². The summed E-state index contributed by atoms with van der Waals surface area (Å²) < 4.78 is 10.8. The van der Waals surface area contributed by atoms with Gasteiger partial charge in [0.05, 0.1) is 6.61 Å². The van der Waals surface area contributed by atoms with Crippen LogP contribution < -0.4 is 11.1 Å². The summed E-state index contributed by atoms with van der Waals surface area (Å²) in [7, 11) is 0. The van der Waals surface area contributed by atoms with Crippen LogP contribution in [-0.2, 0) is 16.1 Å². The molecule has 7 heteroatoms. The molecule has 0 aliphatic rings. The summed E-state index contributed by atoms with van der Waals surface area (Å²) >= 11 is 5.97. The van der Waals surface area contributed by atoms with Crippen LogP contribution in [0.15, 0.2) is 52.9 Å². The summed E-state index contributed by atoms with van der Waals surface area (Å²) in [5, 5.41) is 3.55. The second-order valence-electron chi connectivity index (χ2n) is 5.34. The first-order valence-corrected chi connectivity index (χ1v) is 7.86. The molecule has 128 valence electrons. The minimum absolute atomic E-state index is 0.131. The largest absolute Gasteiger partial charge is 0.449 e. The number of nitrogens with two attached hydrogens (primary N) is 1.